The normalized spacial score (nSPS) is 16.4. The lowest BCUT2D eigenvalue weighted by Crippen LogP contribution is -2.30. The smallest absolute Gasteiger partial charge is 0.161 e. The Morgan fingerprint density at radius 3 is 2.50 bits per heavy atom. The molecule has 0 saturated heterocycles. The fraction of sp³-hybridized carbons (Fsp3) is 0.400. The van der Waals surface area contributed by atoms with Crippen LogP contribution in [0.25, 0.3) is 0 Å². The summed E-state index contributed by atoms with van der Waals surface area (Å²) >= 11 is 0. The second kappa shape index (κ2) is 7.58. The molecule has 1 atom stereocenters. The van der Waals surface area contributed by atoms with Gasteiger partial charge in [-0.2, -0.15) is 0 Å². The maximum absolute atomic E-state index is 5.81. The highest BCUT2D eigenvalue weighted by Crippen LogP contribution is 2.38. The van der Waals surface area contributed by atoms with Crippen molar-refractivity contribution < 1.29 is 14.2 Å². The van der Waals surface area contributed by atoms with Crippen LogP contribution < -0.4 is 19.5 Å². The van der Waals surface area contributed by atoms with Crippen molar-refractivity contribution in [3.8, 4) is 17.2 Å². The monoisotopic (exact) mass is 327 g/mol. The van der Waals surface area contributed by atoms with Gasteiger partial charge >= 0.3 is 0 Å². The minimum absolute atomic E-state index is 0.138. The number of hydrogen-bond acceptors (Lipinski definition) is 4. The number of hydrogen-bond donors (Lipinski definition) is 1. The van der Waals surface area contributed by atoms with Crippen molar-refractivity contribution in [3.63, 3.8) is 0 Å². The van der Waals surface area contributed by atoms with Crippen molar-refractivity contribution in [2.75, 3.05) is 26.9 Å². The van der Waals surface area contributed by atoms with E-state index in [4.69, 9.17) is 14.2 Å². The lowest BCUT2D eigenvalue weighted by molar-refractivity contribution is 0.286. The van der Waals surface area contributed by atoms with Crippen molar-refractivity contribution in [1.29, 1.82) is 0 Å². The molecule has 1 heterocycles. The van der Waals surface area contributed by atoms with Gasteiger partial charge in [-0.1, -0.05) is 12.1 Å². The quantitative estimate of drug-likeness (QED) is 0.877. The molecule has 0 aliphatic carbocycles. The minimum atomic E-state index is 0.138. The van der Waals surface area contributed by atoms with Crippen molar-refractivity contribution >= 4 is 0 Å². The van der Waals surface area contributed by atoms with Crippen LogP contribution in [0.4, 0.5) is 0 Å². The average molecular weight is 327 g/mol. The molecule has 1 aliphatic heterocycles. The average Bonchev–Trinajstić information content (AvgIpc) is 2.62. The first kappa shape index (κ1) is 16.7. The van der Waals surface area contributed by atoms with Gasteiger partial charge < -0.3 is 19.5 Å². The largest absolute Gasteiger partial charge is 0.497 e. The SMILES string of the molecule is CCOc1cc2c(cc1OCC)[C@@H](c1cccc(OC)c1)NCC2. The maximum atomic E-state index is 5.81. The molecule has 0 amide bonds. The molecule has 2 aromatic rings. The Bertz CT molecular complexity index is 699. The molecule has 4 nitrogen and oxygen atoms in total. The van der Waals surface area contributed by atoms with Crippen molar-refractivity contribution in [2.45, 2.75) is 26.3 Å². The second-order valence-corrected chi connectivity index (χ2v) is 5.78. The van der Waals surface area contributed by atoms with Crippen molar-refractivity contribution in [2.24, 2.45) is 0 Å². The highest BCUT2D eigenvalue weighted by atomic mass is 16.5. The molecule has 0 spiro atoms. The molecule has 3 rings (SSSR count). The molecule has 0 bridgehead atoms. The second-order valence-electron chi connectivity index (χ2n) is 5.78. The molecule has 1 aliphatic rings. The molecule has 4 heteroatoms. The fourth-order valence-electron chi connectivity index (χ4n) is 3.22. The number of fused-ring (bicyclic) bond motifs is 1. The molecular formula is C20H25NO3. The molecule has 128 valence electrons. The van der Waals surface area contributed by atoms with E-state index < -0.39 is 0 Å². The van der Waals surface area contributed by atoms with Crippen LogP contribution in [0.1, 0.15) is 36.6 Å². The summed E-state index contributed by atoms with van der Waals surface area (Å²) < 4.78 is 16.9. The molecule has 0 fully saturated rings. The van der Waals surface area contributed by atoms with Crippen LogP contribution in [0, 0.1) is 0 Å². The number of rotatable bonds is 6. The summed E-state index contributed by atoms with van der Waals surface area (Å²) in [6.07, 6.45) is 0.988. The summed E-state index contributed by atoms with van der Waals surface area (Å²) in [7, 11) is 1.70. The van der Waals surface area contributed by atoms with E-state index in [1.807, 2.05) is 26.0 Å². The van der Waals surface area contributed by atoms with E-state index in [1.165, 1.54) is 16.7 Å². The van der Waals surface area contributed by atoms with Gasteiger partial charge in [-0.05, 0) is 61.2 Å². The Kier molecular flexibility index (Phi) is 5.26. The number of methoxy groups -OCH3 is 1. The third-order valence-electron chi connectivity index (χ3n) is 4.29. The summed E-state index contributed by atoms with van der Waals surface area (Å²) in [6.45, 7) is 6.18. The van der Waals surface area contributed by atoms with Crippen LogP contribution in [0.2, 0.25) is 0 Å². The van der Waals surface area contributed by atoms with Crippen LogP contribution in [0.5, 0.6) is 17.2 Å². The Labute approximate surface area is 143 Å². The Hall–Kier alpha value is -2.20. The maximum Gasteiger partial charge on any atom is 0.161 e. The van der Waals surface area contributed by atoms with Gasteiger partial charge in [0.15, 0.2) is 11.5 Å². The highest BCUT2D eigenvalue weighted by molar-refractivity contribution is 5.52. The van der Waals surface area contributed by atoms with Gasteiger partial charge in [0.05, 0.1) is 26.4 Å². The van der Waals surface area contributed by atoms with Crippen LogP contribution >= 0.6 is 0 Å². The van der Waals surface area contributed by atoms with Gasteiger partial charge in [0.25, 0.3) is 0 Å². The lowest BCUT2D eigenvalue weighted by Gasteiger charge is -2.29. The molecule has 0 aromatic heterocycles. The zero-order valence-electron chi connectivity index (χ0n) is 14.6. The Morgan fingerprint density at radius 2 is 1.79 bits per heavy atom. The highest BCUT2D eigenvalue weighted by Gasteiger charge is 2.24. The summed E-state index contributed by atoms with van der Waals surface area (Å²) in [5.74, 6) is 2.52. The Morgan fingerprint density at radius 1 is 1.04 bits per heavy atom. The van der Waals surface area contributed by atoms with Crippen LogP contribution in [0.15, 0.2) is 36.4 Å². The fourth-order valence-corrected chi connectivity index (χ4v) is 3.22. The summed E-state index contributed by atoms with van der Waals surface area (Å²) in [4.78, 5) is 0. The van der Waals surface area contributed by atoms with E-state index in [2.05, 4.69) is 29.6 Å². The molecule has 1 N–H and O–H groups in total. The molecule has 0 radical (unpaired) electrons. The first-order valence-corrected chi connectivity index (χ1v) is 8.56. The van der Waals surface area contributed by atoms with E-state index in [0.717, 1.165) is 30.2 Å². The van der Waals surface area contributed by atoms with E-state index >= 15 is 0 Å². The summed E-state index contributed by atoms with van der Waals surface area (Å²) in [6, 6.07) is 12.6. The van der Waals surface area contributed by atoms with Gasteiger partial charge in [0.2, 0.25) is 0 Å². The molecule has 24 heavy (non-hydrogen) atoms. The van der Waals surface area contributed by atoms with Crippen molar-refractivity contribution in [1.82, 2.24) is 5.32 Å². The van der Waals surface area contributed by atoms with Gasteiger partial charge in [0, 0.05) is 6.54 Å². The summed E-state index contributed by atoms with van der Waals surface area (Å²) in [5.41, 5.74) is 3.76. The van der Waals surface area contributed by atoms with E-state index in [1.54, 1.807) is 7.11 Å². The zero-order valence-corrected chi connectivity index (χ0v) is 14.6. The molecule has 2 aromatic carbocycles. The molecule has 0 saturated carbocycles. The van der Waals surface area contributed by atoms with Crippen LogP contribution in [-0.2, 0) is 6.42 Å². The molecule has 0 unspecified atom stereocenters. The zero-order chi connectivity index (χ0) is 16.9. The van der Waals surface area contributed by atoms with Crippen LogP contribution in [-0.4, -0.2) is 26.9 Å². The van der Waals surface area contributed by atoms with Gasteiger partial charge in [-0.15, -0.1) is 0 Å². The predicted octanol–water partition coefficient (Wildman–Crippen LogP) is 3.73. The molecular weight excluding hydrogens is 302 g/mol. The van der Waals surface area contributed by atoms with Crippen molar-refractivity contribution in [3.05, 3.63) is 53.1 Å². The number of nitrogens with one attached hydrogen (secondary N) is 1. The van der Waals surface area contributed by atoms with E-state index in [9.17, 15) is 0 Å². The lowest BCUT2D eigenvalue weighted by atomic mass is 9.89. The van der Waals surface area contributed by atoms with Gasteiger partial charge in [-0.3, -0.25) is 0 Å². The number of ether oxygens (including phenoxy) is 3. The Balaban J connectivity index is 2.03. The first-order valence-electron chi connectivity index (χ1n) is 8.56. The van der Waals surface area contributed by atoms with E-state index in [0.29, 0.717) is 13.2 Å². The minimum Gasteiger partial charge on any atom is -0.497 e. The van der Waals surface area contributed by atoms with Crippen LogP contribution in [0.3, 0.4) is 0 Å². The van der Waals surface area contributed by atoms with E-state index in [-0.39, 0.29) is 6.04 Å². The van der Waals surface area contributed by atoms with Gasteiger partial charge in [0.1, 0.15) is 5.75 Å². The third kappa shape index (κ3) is 3.34. The van der Waals surface area contributed by atoms with Gasteiger partial charge in [-0.25, -0.2) is 0 Å². The predicted molar refractivity (Wildman–Crippen MR) is 95.3 cm³/mol. The first-order chi connectivity index (χ1) is 11.8. The topological polar surface area (TPSA) is 39.7 Å². The summed E-state index contributed by atoms with van der Waals surface area (Å²) in [5, 5.41) is 3.61. The number of benzene rings is 2. The third-order valence-corrected chi connectivity index (χ3v) is 4.29. The standard InChI is InChI=1S/C20H25NO3/c1-4-23-18-12-14-9-10-21-20(17(14)13-19(18)24-5-2)15-7-6-8-16(11-15)22-3/h6-8,11-13,20-21H,4-5,9-10H2,1-3H3/t20-/m1/s1.